The third-order valence-electron chi connectivity index (χ3n) is 6.31. The van der Waals surface area contributed by atoms with E-state index in [1.165, 1.54) is 4.31 Å². The lowest BCUT2D eigenvalue weighted by atomic mass is 9.81. The maximum atomic E-state index is 12.5. The topological polar surface area (TPSA) is 138 Å². The van der Waals surface area contributed by atoms with Crippen molar-refractivity contribution in [1.29, 1.82) is 0 Å². The second-order valence-corrected chi connectivity index (χ2v) is 11.3. The molecule has 3 fully saturated rings. The van der Waals surface area contributed by atoms with Crippen LogP contribution < -0.4 is 21.1 Å². The monoisotopic (exact) mass is 452 g/mol. The highest BCUT2D eigenvalue weighted by molar-refractivity contribution is 7.87. The van der Waals surface area contributed by atoms with Crippen LogP contribution >= 0.6 is 0 Å². The minimum absolute atomic E-state index is 0.00308. The van der Waals surface area contributed by atoms with Crippen molar-refractivity contribution in [2.45, 2.75) is 95.4 Å². The molecule has 31 heavy (non-hydrogen) atoms. The van der Waals surface area contributed by atoms with E-state index < -0.39 is 10.2 Å². The molecule has 0 saturated heterocycles. The zero-order chi connectivity index (χ0) is 22.2. The molecule has 3 aliphatic rings. The molecule has 0 spiro atoms. The Balaban J connectivity index is 1.39. The summed E-state index contributed by atoms with van der Waals surface area (Å²) in [5.41, 5.74) is 6.61. The van der Waals surface area contributed by atoms with Gasteiger partial charge in [-0.2, -0.15) is 32.4 Å². The molecule has 1 atom stereocenters. The predicted molar refractivity (Wildman–Crippen MR) is 121 cm³/mol. The Bertz CT molecular complexity index is 842. The molecule has 0 aliphatic heterocycles. The first-order valence-corrected chi connectivity index (χ1v) is 12.9. The van der Waals surface area contributed by atoms with Crippen molar-refractivity contribution in [3.05, 3.63) is 5.82 Å². The standard InChI is InChI=1S/C20H36N8O2S/c1-12(2)22-19-24-18(25-20(26-19)23-14-6-7-14)17(21)13-4-10-16(11-5-13)28(3)31(29,30)27-15-8-9-15/h12-17,27H,4-11,21H2,1-3H3,(H2,22,23,24,25,26). The molecular weight excluding hydrogens is 416 g/mol. The van der Waals surface area contributed by atoms with Gasteiger partial charge >= 0.3 is 0 Å². The van der Waals surface area contributed by atoms with Crippen LogP contribution in [-0.2, 0) is 10.2 Å². The van der Waals surface area contributed by atoms with Gasteiger partial charge < -0.3 is 16.4 Å². The molecule has 1 heterocycles. The van der Waals surface area contributed by atoms with E-state index in [0.717, 1.165) is 51.4 Å². The number of hydrogen-bond acceptors (Lipinski definition) is 8. The van der Waals surface area contributed by atoms with Crippen molar-refractivity contribution in [3.8, 4) is 0 Å². The van der Waals surface area contributed by atoms with Crippen LogP contribution in [0.1, 0.15) is 77.1 Å². The van der Waals surface area contributed by atoms with Gasteiger partial charge in [-0.25, -0.2) is 0 Å². The Kier molecular flexibility index (Phi) is 6.66. The SMILES string of the molecule is CC(C)Nc1nc(NC2CC2)nc(C(N)C2CCC(N(C)S(=O)(=O)NC3CC3)CC2)n1. The maximum Gasteiger partial charge on any atom is 0.279 e. The van der Waals surface area contributed by atoms with Crippen LogP contribution in [-0.4, -0.2) is 58.9 Å². The third kappa shape index (κ3) is 6.03. The Morgan fingerprint density at radius 1 is 0.935 bits per heavy atom. The summed E-state index contributed by atoms with van der Waals surface area (Å²) in [6.45, 7) is 4.09. The molecule has 3 saturated carbocycles. The predicted octanol–water partition coefficient (Wildman–Crippen LogP) is 1.75. The van der Waals surface area contributed by atoms with Crippen molar-refractivity contribution >= 4 is 22.1 Å². The van der Waals surface area contributed by atoms with Gasteiger partial charge in [-0.3, -0.25) is 0 Å². The van der Waals surface area contributed by atoms with E-state index in [0.29, 0.717) is 23.8 Å². The van der Waals surface area contributed by atoms with Crippen LogP contribution in [0.25, 0.3) is 0 Å². The van der Waals surface area contributed by atoms with Crippen LogP contribution in [0.5, 0.6) is 0 Å². The number of nitrogens with two attached hydrogens (primary N) is 1. The summed E-state index contributed by atoms with van der Waals surface area (Å²) >= 11 is 0. The largest absolute Gasteiger partial charge is 0.352 e. The highest BCUT2D eigenvalue weighted by Gasteiger charge is 2.36. The second kappa shape index (κ2) is 9.13. The van der Waals surface area contributed by atoms with Gasteiger partial charge in [0, 0.05) is 31.2 Å². The van der Waals surface area contributed by atoms with Crippen LogP contribution in [0, 0.1) is 5.92 Å². The molecule has 1 aromatic heterocycles. The molecule has 0 radical (unpaired) electrons. The van der Waals surface area contributed by atoms with Crippen LogP contribution in [0.2, 0.25) is 0 Å². The molecule has 1 aromatic rings. The number of hydrogen-bond donors (Lipinski definition) is 4. The van der Waals surface area contributed by atoms with Gasteiger partial charge in [0.05, 0.1) is 6.04 Å². The molecule has 4 rings (SSSR count). The average Bonchev–Trinajstić information content (AvgIpc) is 3.64. The van der Waals surface area contributed by atoms with E-state index in [-0.39, 0.29) is 30.1 Å². The molecule has 0 aromatic carbocycles. The van der Waals surface area contributed by atoms with E-state index in [9.17, 15) is 8.42 Å². The molecule has 0 bridgehead atoms. The average molecular weight is 453 g/mol. The molecule has 11 heteroatoms. The number of nitrogens with one attached hydrogen (secondary N) is 3. The minimum Gasteiger partial charge on any atom is -0.352 e. The molecule has 1 unspecified atom stereocenters. The first-order chi connectivity index (χ1) is 14.7. The summed E-state index contributed by atoms with van der Waals surface area (Å²) in [6, 6.07) is 0.465. The van der Waals surface area contributed by atoms with Crippen molar-refractivity contribution in [3.63, 3.8) is 0 Å². The highest BCUT2D eigenvalue weighted by atomic mass is 32.2. The summed E-state index contributed by atoms with van der Waals surface area (Å²) in [7, 11) is -1.73. The summed E-state index contributed by atoms with van der Waals surface area (Å²) in [4.78, 5) is 13.7. The molecule has 0 amide bonds. The van der Waals surface area contributed by atoms with Gasteiger partial charge in [-0.15, -0.1) is 0 Å². The van der Waals surface area contributed by atoms with Gasteiger partial charge in [0.25, 0.3) is 10.2 Å². The Hall–Kier alpha value is -1.56. The van der Waals surface area contributed by atoms with Gasteiger partial charge in [0.15, 0.2) is 5.82 Å². The molecular formula is C20H36N8O2S. The fraction of sp³-hybridized carbons (Fsp3) is 0.850. The lowest BCUT2D eigenvalue weighted by Gasteiger charge is -2.35. The van der Waals surface area contributed by atoms with E-state index in [4.69, 9.17) is 5.73 Å². The molecule has 174 valence electrons. The fourth-order valence-electron chi connectivity index (χ4n) is 4.07. The van der Waals surface area contributed by atoms with Crippen molar-refractivity contribution in [2.75, 3.05) is 17.7 Å². The zero-order valence-corrected chi connectivity index (χ0v) is 19.5. The van der Waals surface area contributed by atoms with Crippen molar-refractivity contribution in [1.82, 2.24) is 24.0 Å². The van der Waals surface area contributed by atoms with Crippen molar-refractivity contribution < 1.29 is 8.42 Å². The third-order valence-corrected chi connectivity index (χ3v) is 8.00. The smallest absolute Gasteiger partial charge is 0.279 e. The second-order valence-electron chi connectivity index (χ2n) is 9.57. The highest BCUT2D eigenvalue weighted by Crippen LogP contribution is 2.35. The van der Waals surface area contributed by atoms with E-state index in [1.807, 2.05) is 13.8 Å². The Morgan fingerprint density at radius 3 is 2.13 bits per heavy atom. The van der Waals surface area contributed by atoms with Crippen LogP contribution in [0.15, 0.2) is 0 Å². The Morgan fingerprint density at radius 2 is 1.55 bits per heavy atom. The Labute approximate surface area is 185 Å². The van der Waals surface area contributed by atoms with Gasteiger partial charge in [-0.1, -0.05) is 0 Å². The number of nitrogens with zero attached hydrogens (tertiary/aromatic N) is 4. The van der Waals surface area contributed by atoms with Gasteiger partial charge in [0.2, 0.25) is 11.9 Å². The normalized spacial score (nSPS) is 25.6. The lowest BCUT2D eigenvalue weighted by molar-refractivity contribution is 0.212. The molecule has 3 aliphatic carbocycles. The number of aromatic nitrogens is 3. The van der Waals surface area contributed by atoms with Gasteiger partial charge in [-0.05, 0) is 71.1 Å². The first kappa shape index (κ1) is 22.6. The lowest BCUT2D eigenvalue weighted by Crippen LogP contribution is -2.46. The molecule has 5 N–H and O–H groups in total. The van der Waals surface area contributed by atoms with Crippen LogP contribution in [0.4, 0.5) is 11.9 Å². The number of anilines is 2. The number of rotatable bonds is 10. The zero-order valence-electron chi connectivity index (χ0n) is 18.7. The fourth-order valence-corrected chi connectivity index (χ4v) is 5.49. The molecule has 10 nitrogen and oxygen atoms in total. The summed E-state index contributed by atoms with van der Waals surface area (Å²) in [6.07, 6.45) is 7.41. The summed E-state index contributed by atoms with van der Waals surface area (Å²) in [5.74, 6) is 1.94. The van der Waals surface area contributed by atoms with E-state index in [1.54, 1.807) is 7.05 Å². The summed E-state index contributed by atoms with van der Waals surface area (Å²) in [5, 5.41) is 6.61. The van der Waals surface area contributed by atoms with Crippen molar-refractivity contribution in [2.24, 2.45) is 11.7 Å². The first-order valence-electron chi connectivity index (χ1n) is 11.5. The quantitative estimate of drug-likeness (QED) is 0.421. The maximum absolute atomic E-state index is 12.5. The summed E-state index contributed by atoms with van der Waals surface area (Å²) < 4.78 is 29.3. The van der Waals surface area contributed by atoms with Gasteiger partial charge in [0.1, 0.15) is 0 Å². The van der Waals surface area contributed by atoms with E-state index >= 15 is 0 Å². The van der Waals surface area contributed by atoms with Crippen LogP contribution in [0.3, 0.4) is 0 Å². The minimum atomic E-state index is -3.41. The van der Waals surface area contributed by atoms with E-state index in [2.05, 4.69) is 30.3 Å².